The summed E-state index contributed by atoms with van der Waals surface area (Å²) >= 11 is 5.89. The van der Waals surface area contributed by atoms with Gasteiger partial charge in [0.25, 0.3) is 10.0 Å². The average molecular weight is 354 g/mol. The molecule has 5 nitrogen and oxygen atoms in total. The number of nitrogens with one attached hydrogen (secondary N) is 1. The third-order valence-electron chi connectivity index (χ3n) is 3.20. The number of ketones is 1. The molecule has 0 aliphatic heterocycles. The van der Waals surface area contributed by atoms with Crippen LogP contribution in [0.3, 0.4) is 0 Å². The predicted octanol–water partition coefficient (Wildman–Crippen LogP) is 3.75. The number of hydrogen-bond acceptors (Lipinski definition) is 4. The second-order valence-electron chi connectivity index (χ2n) is 5.08. The van der Waals surface area contributed by atoms with E-state index in [1.165, 1.54) is 30.3 Å². The second kappa shape index (κ2) is 6.60. The molecule has 0 heterocycles. The highest BCUT2D eigenvalue weighted by atomic mass is 35.5. The first-order valence-electron chi connectivity index (χ1n) is 6.89. The Kier molecular flexibility index (Phi) is 4.97. The Balaban J connectivity index is 2.34. The van der Waals surface area contributed by atoms with Crippen LogP contribution < -0.4 is 4.72 Å². The molecule has 2 aromatic carbocycles. The number of carbonyl (C=O) groups excluding carboxylic acids is 1. The fourth-order valence-electron chi connectivity index (χ4n) is 2.09. The molecule has 122 valence electrons. The number of benzene rings is 2. The summed E-state index contributed by atoms with van der Waals surface area (Å²) in [6.45, 7) is 3.42. The minimum absolute atomic E-state index is 0.0238. The molecule has 2 N–H and O–H groups in total. The van der Waals surface area contributed by atoms with Crippen LogP contribution in [0.1, 0.15) is 29.3 Å². The van der Waals surface area contributed by atoms with E-state index in [1.807, 2.05) is 0 Å². The number of halogens is 1. The molecule has 0 radical (unpaired) electrons. The van der Waals surface area contributed by atoms with Gasteiger partial charge >= 0.3 is 0 Å². The lowest BCUT2D eigenvalue weighted by Gasteiger charge is -2.11. The van der Waals surface area contributed by atoms with Gasteiger partial charge in [-0.2, -0.15) is 0 Å². The van der Waals surface area contributed by atoms with Crippen LogP contribution in [0.4, 0.5) is 5.69 Å². The molecule has 0 unspecified atom stereocenters. The minimum atomic E-state index is -3.84. The molecule has 0 saturated carbocycles. The Hall–Kier alpha value is -2.05. The molecule has 0 amide bonds. The zero-order valence-electron chi connectivity index (χ0n) is 12.6. The van der Waals surface area contributed by atoms with Gasteiger partial charge in [0.1, 0.15) is 5.75 Å². The van der Waals surface area contributed by atoms with E-state index in [-0.39, 0.29) is 34.1 Å². The molecular weight excluding hydrogens is 338 g/mol. The van der Waals surface area contributed by atoms with Gasteiger partial charge in [-0.15, -0.1) is 0 Å². The number of aromatic hydroxyl groups is 1. The summed E-state index contributed by atoms with van der Waals surface area (Å²) in [4.78, 5) is 11.6. The third-order valence-corrected chi connectivity index (χ3v) is 4.78. The van der Waals surface area contributed by atoms with Crippen molar-refractivity contribution < 1.29 is 18.3 Å². The smallest absolute Gasteiger partial charge is 0.261 e. The van der Waals surface area contributed by atoms with Crippen LogP contribution in [-0.4, -0.2) is 19.3 Å². The number of hydrogen-bond donors (Lipinski definition) is 2. The molecule has 2 rings (SSSR count). The SMILES string of the molecule is CCC(=O)c1ccc(NS(=O)(=O)c2cc(C)cc(Cl)c2)cc1O. The maximum Gasteiger partial charge on any atom is 0.261 e. The Bertz CT molecular complexity index is 842. The molecule has 0 aromatic heterocycles. The maximum absolute atomic E-state index is 12.4. The topological polar surface area (TPSA) is 83.5 Å². The van der Waals surface area contributed by atoms with Crippen molar-refractivity contribution >= 4 is 33.1 Å². The van der Waals surface area contributed by atoms with Gasteiger partial charge < -0.3 is 5.11 Å². The molecule has 0 aliphatic carbocycles. The van der Waals surface area contributed by atoms with E-state index in [0.29, 0.717) is 10.6 Å². The van der Waals surface area contributed by atoms with E-state index in [2.05, 4.69) is 4.72 Å². The first-order chi connectivity index (χ1) is 10.7. The molecule has 23 heavy (non-hydrogen) atoms. The fourth-order valence-corrected chi connectivity index (χ4v) is 3.63. The van der Waals surface area contributed by atoms with Crippen LogP contribution in [0.5, 0.6) is 5.75 Å². The normalized spacial score (nSPS) is 11.3. The summed E-state index contributed by atoms with van der Waals surface area (Å²) in [5, 5.41) is 10.2. The number of rotatable bonds is 5. The van der Waals surface area contributed by atoms with Crippen molar-refractivity contribution in [1.82, 2.24) is 0 Å². The molecular formula is C16H16ClNO4S. The summed E-state index contributed by atoms with van der Waals surface area (Å²) in [6.07, 6.45) is 0.250. The van der Waals surface area contributed by atoms with Crippen molar-refractivity contribution in [2.45, 2.75) is 25.2 Å². The largest absolute Gasteiger partial charge is 0.507 e. The monoisotopic (exact) mass is 353 g/mol. The molecule has 0 saturated heterocycles. The minimum Gasteiger partial charge on any atom is -0.507 e. The second-order valence-corrected chi connectivity index (χ2v) is 7.20. The summed E-state index contributed by atoms with van der Waals surface area (Å²) in [5.74, 6) is -0.485. The van der Waals surface area contributed by atoms with Crippen LogP contribution in [-0.2, 0) is 10.0 Å². The van der Waals surface area contributed by atoms with Gasteiger partial charge in [0, 0.05) is 17.5 Å². The van der Waals surface area contributed by atoms with Crippen molar-refractivity contribution in [2.75, 3.05) is 4.72 Å². The Morgan fingerprint density at radius 2 is 1.91 bits per heavy atom. The average Bonchev–Trinajstić information content (AvgIpc) is 2.45. The lowest BCUT2D eigenvalue weighted by molar-refractivity contribution is 0.0985. The van der Waals surface area contributed by atoms with Crippen LogP contribution in [0.25, 0.3) is 0 Å². The van der Waals surface area contributed by atoms with Gasteiger partial charge in [-0.05, 0) is 42.8 Å². The number of Topliss-reactive ketones (excluding diaryl/α,β-unsaturated/α-hetero) is 1. The van der Waals surface area contributed by atoms with Gasteiger partial charge in [0.2, 0.25) is 0 Å². The lowest BCUT2D eigenvalue weighted by Crippen LogP contribution is -2.13. The molecule has 2 aromatic rings. The third kappa shape index (κ3) is 4.03. The van der Waals surface area contributed by atoms with Crippen molar-refractivity contribution in [2.24, 2.45) is 0 Å². The maximum atomic E-state index is 12.4. The van der Waals surface area contributed by atoms with E-state index in [4.69, 9.17) is 11.6 Å². The van der Waals surface area contributed by atoms with Crippen molar-refractivity contribution in [1.29, 1.82) is 0 Å². The summed E-state index contributed by atoms with van der Waals surface area (Å²) in [6, 6.07) is 8.50. The van der Waals surface area contributed by atoms with Gasteiger partial charge in [0.15, 0.2) is 5.78 Å². The van der Waals surface area contributed by atoms with Gasteiger partial charge in [-0.3, -0.25) is 9.52 Å². The van der Waals surface area contributed by atoms with Crippen LogP contribution in [0.2, 0.25) is 5.02 Å². The molecule has 0 aliphatic rings. The van der Waals surface area contributed by atoms with Gasteiger partial charge in [-0.1, -0.05) is 18.5 Å². The van der Waals surface area contributed by atoms with Crippen LogP contribution in [0.15, 0.2) is 41.3 Å². The summed E-state index contributed by atoms with van der Waals surface area (Å²) < 4.78 is 27.1. The Labute approximate surface area is 140 Å². The van der Waals surface area contributed by atoms with Crippen LogP contribution >= 0.6 is 11.6 Å². The molecule has 0 spiro atoms. The first kappa shape index (κ1) is 17.3. The number of phenols is 1. The highest BCUT2D eigenvalue weighted by molar-refractivity contribution is 7.92. The number of aryl methyl sites for hydroxylation is 1. The molecule has 7 heteroatoms. The van der Waals surface area contributed by atoms with E-state index in [0.717, 1.165) is 0 Å². The zero-order valence-corrected chi connectivity index (χ0v) is 14.2. The number of carbonyl (C=O) groups is 1. The molecule has 0 fully saturated rings. The standard InChI is InChI=1S/C16H16ClNO4S/c1-3-15(19)14-5-4-12(9-16(14)20)18-23(21,22)13-7-10(2)6-11(17)8-13/h4-9,18,20H,3H2,1-2H3. The van der Waals surface area contributed by atoms with Gasteiger partial charge in [-0.25, -0.2) is 8.42 Å². The highest BCUT2D eigenvalue weighted by Gasteiger charge is 2.17. The van der Waals surface area contributed by atoms with Crippen molar-refractivity contribution in [3.05, 3.63) is 52.5 Å². The van der Waals surface area contributed by atoms with Gasteiger partial charge in [0.05, 0.1) is 16.1 Å². The number of sulfonamides is 1. The Morgan fingerprint density at radius 3 is 2.48 bits per heavy atom. The number of phenolic OH excluding ortho intramolecular Hbond substituents is 1. The zero-order chi connectivity index (χ0) is 17.2. The molecule has 0 bridgehead atoms. The molecule has 0 atom stereocenters. The Morgan fingerprint density at radius 1 is 1.22 bits per heavy atom. The summed E-state index contributed by atoms with van der Waals surface area (Å²) in [7, 11) is -3.84. The predicted molar refractivity (Wildman–Crippen MR) is 89.7 cm³/mol. The van der Waals surface area contributed by atoms with E-state index < -0.39 is 10.0 Å². The first-order valence-corrected chi connectivity index (χ1v) is 8.75. The fraction of sp³-hybridized carbons (Fsp3) is 0.188. The van der Waals surface area contributed by atoms with Crippen LogP contribution in [0, 0.1) is 6.92 Å². The number of anilines is 1. The van der Waals surface area contributed by atoms with E-state index >= 15 is 0 Å². The highest BCUT2D eigenvalue weighted by Crippen LogP contribution is 2.26. The van der Waals surface area contributed by atoms with E-state index in [1.54, 1.807) is 19.9 Å². The van der Waals surface area contributed by atoms with E-state index in [9.17, 15) is 18.3 Å². The van der Waals surface area contributed by atoms with Crippen molar-refractivity contribution in [3.8, 4) is 5.75 Å². The summed E-state index contributed by atoms with van der Waals surface area (Å²) in [5.41, 5.74) is 1.03. The quantitative estimate of drug-likeness (QED) is 0.802. The van der Waals surface area contributed by atoms with Crippen molar-refractivity contribution in [3.63, 3.8) is 0 Å². The lowest BCUT2D eigenvalue weighted by atomic mass is 10.1.